The molecule has 0 aliphatic carbocycles. The van der Waals surface area contributed by atoms with Crippen LogP contribution < -0.4 is 4.74 Å². The molecule has 0 saturated carbocycles. The quantitative estimate of drug-likeness (QED) is 0.100. The van der Waals surface area contributed by atoms with Crippen LogP contribution in [0.25, 0.3) is 44.4 Å². The summed E-state index contributed by atoms with van der Waals surface area (Å²) in [6.07, 6.45) is 1.83. The average molecular weight is 737 g/mol. The van der Waals surface area contributed by atoms with E-state index in [9.17, 15) is 13.2 Å². The van der Waals surface area contributed by atoms with E-state index in [1.165, 1.54) is 4.68 Å². The van der Waals surface area contributed by atoms with E-state index < -0.39 is 45.5 Å². The Balaban J connectivity index is 1.38. The van der Waals surface area contributed by atoms with Crippen molar-refractivity contribution in [1.29, 1.82) is 0 Å². The fraction of sp³-hybridized carbons (Fsp3) is 0.273. The molecule has 5 nitrogen and oxygen atoms in total. The maximum Gasteiger partial charge on any atom is 0.200 e. The van der Waals surface area contributed by atoms with Crippen molar-refractivity contribution in [3.8, 4) is 34.1 Å². The number of benzene rings is 4. The maximum atomic E-state index is 15.5. The number of rotatable bonds is 5. The molecule has 10 heteroatoms. The smallest absolute Gasteiger partial charge is 0.200 e. The van der Waals surface area contributed by atoms with Gasteiger partial charge in [-0.2, -0.15) is 5.10 Å². The second kappa shape index (κ2) is 12.8. The Kier molecular flexibility index (Phi) is 8.74. The van der Waals surface area contributed by atoms with Gasteiger partial charge in [0, 0.05) is 45.5 Å². The summed E-state index contributed by atoms with van der Waals surface area (Å²) in [7, 11) is 0. The number of hydrogen-bond donors (Lipinski definition) is 0. The predicted molar refractivity (Wildman–Crippen MR) is 204 cm³/mol. The number of aromatic nitrogens is 4. The van der Waals surface area contributed by atoms with Gasteiger partial charge in [0.2, 0.25) is 5.82 Å². The molecule has 0 aliphatic rings. The van der Waals surface area contributed by atoms with Crippen LogP contribution in [0.1, 0.15) is 79.3 Å². The Hall–Kier alpha value is -5.51. The number of fused-ring (bicyclic) bond motifs is 3. The van der Waals surface area contributed by atoms with Gasteiger partial charge in [0.1, 0.15) is 17.3 Å². The van der Waals surface area contributed by atoms with Gasteiger partial charge in [0.05, 0.1) is 33.7 Å². The highest BCUT2D eigenvalue weighted by Gasteiger charge is 2.38. The maximum absolute atomic E-state index is 15.5. The van der Waals surface area contributed by atoms with Crippen LogP contribution in [0, 0.1) is 29.1 Å². The highest BCUT2D eigenvalue weighted by molar-refractivity contribution is 6.09. The lowest BCUT2D eigenvalue weighted by Gasteiger charge is -2.24. The molecule has 0 amide bonds. The van der Waals surface area contributed by atoms with Crippen LogP contribution in [-0.2, 0) is 16.2 Å². The molecule has 0 N–H and O–H groups in total. The fourth-order valence-corrected chi connectivity index (χ4v) is 6.97. The number of hydrogen-bond acceptors (Lipinski definition) is 3. The molecule has 0 saturated heterocycles. The lowest BCUT2D eigenvalue weighted by atomic mass is 9.80. The van der Waals surface area contributed by atoms with E-state index in [0.717, 1.165) is 33.2 Å². The molecule has 7 aromatic rings. The van der Waals surface area contributed by atoms with Crippen molar-refractivity contribution in [2.75, 3.05) is 0 Å². The van der Waals surface area contributed by atoms with Crippen LogP contribution in [0.3, 0.4) is 0 Å². The SMILES string of the molecule is CC(C)(C)c1ccnc(-n2c3ccccc3c3ccc(Oc4cccc(-n5nc(C(C)(C)C)c(-c6c(F)c(F)c(F)c(F)c6F)c5C(C)(C)C)c4)cc32)c1. The molecule has 0 fully saturated rings. The van der Waals surface area contributed by atoms with Gasteiger partial charge < -0.3 is 4.74 Å². The zero-order chi connectivity index (χ0) is 39.1. The van der Waals surface area contributed by atoms with Gasteiger partial charge in [-0.3, -0.25) is 4.57 Å². The van der Waals surface area contributed by atoms with Crippen molar-refractivity contribution in [2.45, 2.75) is 78.6 Å². The second-order valence-corrected chi connectivity index (χ2v) is 16.7. The van der Waals surface area contributed by atoms with E-state index >= 15 is 8.78 Å². The highest BCUT2D eigenvalue weighted by atomic mass is 19.2. The predicted octanol–water partition coefficient (Wildman–Crippen LogP) is 12.4. The van der Waals surface area contributed by atoms with E-state index in [1.54, 1.807) is 65.8 Å². The first kappa shape index (κ1) is 36.8. The molecular weight excluding hydrogens is 696 g/mol. The van der Waals surface area contributed by atoms with Crippen LogP contribution in [0.15, 0.2) is 85.1 Å². The number of halogens is 5. The monoisotopic (exact) mass is 736 g/mol. The molecule has 54 heavy (non-hydrogen) atoms. The van der Waals surface area contributed by atoms with Crippen molar-refractivity contribution in [3.63, 3.8) is 0 Å². The Labute approximate surface area is 311 Å². The summed E-state index contributed by atoms with van der Waals surface area (Å²) in [6.45, 7) is 17.2. The number of para-hydroxylation sites is 1. The molecule has 0 radical (unpaired) electrons. The molecule has 3 heterocycles. The van der Waals surface area contributed by atoms with Gasteiger partial charge in [0.15, 0.2) is 23.3 Å². The van der Waals surface area contributed by atoms with Crippen molar-refractivity contribution in [2.24, 2.45) is 0 Å². The normalized spacial score (nSPS) is 12.6. The first-order chi connectivity index (χ1) is 25.3. The Morgan fingerprint density at radius 3 is 1.83 bits per heavy atom. The summed E-state index contributed by atoms with van der Waals surface area (Å²) >= 11 is 0. The second-order valence-electron chi connectivity index (χ2n) is 16.7. The number of pyridine rings is 1. The first-order valence-corrected chi connectivity index (χ1v) is 17.7. The summed E-state index contributed by atoms with van der Waals surface area (Å²) in [5, 5.41) is 6.91. The number of ether oxygens (including phenoxy) is 1. The summed E-state index contributed by atoms with van der Waals surface area (Å²) in [5.74, 6) is -8.30. The van der Waals surface area contributed by atoms with Gasteiger partial charge in [0.25, 0.3) is 0 Å². The third-order valence-corrected chi connectivity index (χ3v) is 9.55. The minimum atomic E-state index is -2.21. The average Bonchev–Trinajstić information content (AvgIpc) is 3.67. The van der Waals surface area contributed by atoms with Crippen molar-refractivity contribution >= 4 is 21.8 Å². The molecule has 278 valence electrons. The van der Waals surface area contributed by atoms with Gasteiger partial charge in [-0.05, 0) is 53.4 Å². The van der Waals surface area contributed by atoms with Gasteiger partial charge in [-0.15, -0.1) is 0 Å². The van der Waals surface area contributed by atoms with Crippen molar-refractivity contribution in [3.05, 3.63) is 131 Å². The summed E-state index contributed by atoms with van der Waals surface area (Å²) in [4.78, 5) is 4.76. The van der Waals surface area contributed by atoms with E-state index in [1.807, 2.05) is 42.6 Å². The third kappa shape index (κ3) is 6.21. The minimum absolute atomic E-state index is 0.0840. The standard InChI is InChI=1S/C44H41F5N4O/c1-42(2,3)24-19-20-50-32(21-24)52-30-16-11-10-15-28(30)29-18-17-27(23-31(29)52)54-26-14-12-13-25(22-26)53-41(44(7,8)9)34(40(51-53)43(4,5)6)33-35(45)37(47)39(49)38(48)36(33)46/h10-23H,1-9H3. The van der Waals surface area contributed by atoms with Crippen LogP contribution >= 0.6 is 0 Å². The summed E-state index contributed by atoms with van der Waals surface area (Å²) in [5.41, 5.74) is 0.981. The molecule has 7 rings (SSSR count). The topological polar surface area (TPSA) is 44.9 Å². The fourth-order valence-electron chi connectivity index (χ4n) is 6.97. The zero-order valence-corrected chi connectivity index (χ0v) is 31.7. The molecule has 0 spiro atoms. The van der Waals surface area contributed by atoms with E-state index in [2.05, 4.69) is 43.5 Å². The van der Waals surface area contributed by atoms with Crippen molar-refractivity contribution < 1.29 is 26.7 Å². The highest BCUT2D eigenvalue weighted by Crippen LogP contribution is 2.45. The Morgan fingerprint density at radius 1 is 0.556 bits per heavy atom. The van der Waals surface area contributed by atoms with Crippen LogP contribution in [0.2, 0.25) is 0 Å². The van der Waals surface area contributed by atoms with Crippen LogP contribution in [0.5, 0.6) is 11.5 Å². The first-order valence-electron chi connectivity index (χ1n) is 17.7. The Morgan fingerprint density at radius 2 is 1.19 bits per heavy atom. The molecule has 0 bridgehead atoms. The molecular formula is C44H41F5N4O. The molecule has 0 aliphatic heterocycles. The van der Waals surface area contributed by atoms with Gasteiger partial charge >= 0.3 is 0 Å². The molecule has 4 aromatic carbocycles. The van der Waals surface area contributed by atoms with Gasteiger partial charge in [-0.25, -0.2) is 31.6 Å². The largest absolute Gasteiger partial charge is 0.457 e. The van der Waals surface area contributed by atoms with E-state index in [-0.39, 0.29) is 22.4 Å². The van der Waals surface area contributed by atoms with Gasteiger partial charge in [-0.1, -0.05) is 86.6 Å². The molecule has 0 unspecified atom stereocenters. The lowest BCUT2D eigenvalue weighted by molar-refractivity contribution is 0.381. The number of nitrogens with zero attached hydrogens (tertiary/aromatic N) is 4. The van der Waals surface area contributed by atoms with Crippen molar-refractivity contribution in [1.82, 2.24) is 19.3 Å². The summed E-state index contributed by atoms with van der Waals surface area (Å²) < 4.78 is 84.8. The van der Waals surface area contributed by atoms with E-state index in [4.69, 9.17) is 14.8 Å². The van der Waals surface area contributed by atoms with E-state index in [0.29, 0.717) is 17.2 Å². The zero-order valence-electron chi connectivity index (χ0n) is 31.7. The molecule has 3 aromatic heterocycles. The van der Waals surface area contributed by atoms with Crippen LogP contribution in [-0.4, -0.2) is 19.3 Å². The Bertz CT molecular complexity index is 2570. The third-order valence-electron chi connectivity index (χ3n) is 9.55. The van der Waals surface area contributed by atoms with Crippen LogP contribution in [0.4, 0.5) is 22.0 Å². The summed E-state index contributed by atoms with van der Waals surface area (Å²) in [6, 6.07) is 25.1. The minimum Gasteiger partial charge on any atom is -0.457 e. The lowest BCUT2D eigenvalue weighted by Crippen LogP contribution is -2.20. The molecule has 0 atom stereocenters.